The number of methoxy groups -OCH3 is 1. The second-order valence-corrected chi connectivity index (χ2v) is 6.34. The fourth-order valence-electron chi connectivity index (χ4n) is 2.26. The Balaban J connectivity index is 1.71. The molecule has 24 heavy (non-hydrogen) atoms. The molecule has 0 radical (unpaired) electrons. The molecule has 3 aromatic rings. The molecule has 0 bridgehead atoms. The van der Waals surface area contributed by atoms with E-state index in [-0.39, 0.29) is 11.2 Å². The van der Waals surface area contributed by atoms with Crippen molar-refractivity contribution in [3.63, 3.8) is 0 Å². The lowest BCUT2D eigenvalue weighted by atomic mass is 10.2. The highest BCUT2D eigenvalue weighted by Gasteiger charge is 2.20. The number of carbonyl (C=O) groups is 1. The van der Waals surface area contributed by atoms with Gasteiger partial charge in [0.25, 0.3) is 0 Å². The van der Waals surface area contributed by atoms with Crippen LogP contribution in [0.5, 0.6) is 5.75 Å². The van der Waals surface area contributed by atoms with Crippen molar-refractivity contribution < 1.29 is 9.53 Å². The van der Waals surface area contributed by atoms with Crippen LogP contribution in [0.4, 0.5) is 5.69 Å². The number of fused-ring (bicyclic) bond motifs is 1. The highest BCUT2D eigenvalue weighted by atomic mass is 32.2. The molecule has 0 spiro atoms. The summed E-state index contributed by atoms with van der Waals surface area (Å²) in [6, 6.07) is 11.1. The molecule has 0 saturated heterocycles. The van der Waals surface area contributed by atoms with Gasteiger partial charge in [0.1, 0.15) is 5.75 Å². The van der Waals surface area contributed by atoms with Gasteiger partial charge < -0.3 is 15.0 Å². The monoisotopic (exact) mass is 342 g/mol. The number of nitrogens with one attached hydrogen (secondary N) is 2. The van der Waals surface area contributed by atoms with Crippen LogP contribution < -0.4 is 10.1 Å². The number of carbonyl (C=O) groups excluding carboxylic acids is 1. The lowest BCUT2D eigenvalue weighted by Gasteiger charge is -2.13. The van der Waals surface area contributed by atoms with Gasteiger partial charge in [0.05, 0.1) is 17.9 Å². The number of thioether (sulfide) groups is 1. The van der Waals surface area contributed by atoms with Crippen LogP contribution in [0, 0.1) is 0 Å². The van der Waals surface area contributed by atoms with E-state index in [1.807, 2.05) is 37.3 Å². The molecular weight excluding hydrogens is 324 g/mol. The number of nitrogens with zero attached hydrogens (tertiary/aromatic N) is 2. The summed E-state index contributed by atoms with van der Waals surface area (Å²) in [5, 5.41) is 3.36. The van der Waals surface area contributed by atoms with Gasteiger partial charge in [0, 0.05) is 18.0 Å². The van der Waals surface area contributed by atoms with E-state index in [9.17, 15) is 4.79 Å². The Hall–Kier alpha value is -2.54. The molecule has 1 aromatic carbocycles. The van der Waals surface area contributed by atoms with E-state index >= 15 is 0 Å². The molecule has 2 heterocycles. The quantitative estimate of drug-likeness (QED) is 0.671. The third kappa shape index (κ3) is 3.68. The molecule has 2 N–H and O–H groups in total. The lowest BCUT2D eigenvalue weighted by Crippen LogP contribution is -2.24. The minimum absolute atomic E-state index is 0.0656. The van der Waals surface area contributed by atoms with Crippen LogP contribution in [0.1, 0.15) is 13.3 Å². The number of aromatic nitrogens is 3. The first-order valence-electron chi connectivity index (χ1n) is 7.62. The van der Waals surface area contributed by atoms with Crippen LogP contribution in [0.2, 0.25) is 0 Å². The largest absolute Gasteiger partial charge is 0.497 e. The van der Waals surface area contributed by atoms with Crippen molar-refractivity contribution in [1.29, 1.82) is 0 Å². The van der Waals surface area contributed by atoms with E-state index in [4.69, 9.17) is 4.74 Å². The molecule has 2 aromatic heterocycles. The molecule has 7 heteroatoms. The van der Waals surface area contributed by atoms with Gasteiger partial charge in [-0.05, 0) is 30.7 Å². The standard InChI is InChI=1S/C17H18N4O2S/c1-3-14(16(22)19-11-6-4-7-12(10-11)23-2)24-17-20-13-8-5-9-18-15(13)21-17/h4-10,14H,3H2,1-2H3,(H,19,22)(H,18,20,21)/t14-/m0/s1. The second kappa shape index (κ2) is 7.35. The molecule has 0 fully saturated rings. The summed E-state index contributed by atoms with van der Waals surface area (Å²) in [5.41, 5.74) is 2.23. The number of rotatable bonds is 6. The van der Waals surface area contributed by atoms with Crippen LogP contribution in [0.25, 0.3) is 11.2 Å². The molecule has 1 atom stereocenters. The average molecular weight is 342 g/mol. The fraction of sp³-hybridized carbons (Fsp3) is 0.235. The maximum Gasteiger partial charge on any atom is 0.237 e. The van der Waals surface area contributed by atoms with Crippen molar-refractivity contribution in [2.24, 2.45) is 0 Å². The predicted molar refractivity (Wildman–Crippen MR) is 95.4 cm³/mol. The van der Waals surface area contributed by atoms with Crippen LogP contribution >= 0.6 is 11.8 Å². The summed E-state index contributed by atoms with van der Waals surface area (Å²) in [6.45, 7) is 1.98. The number of H-pyrrole nitrogens is 1. The maximum absolute atomic E-state index is 12.5. The van der Waals surface area contributed by atoms with Crippen molar-refractivity contribution >= 4 is 34.5 Å². The Bertz CT molecular complexity index is 816. The highest BCUT2D eigenvalue weighted by molar-refractivity contribution is 8.00. The number of amides is 1. The van der Waals surface area contributed by atoms with E-state index in [1.165, 1.54) is 11.8 Å². The number of pyridine rings is 1. The maximum atomic E-state index is 12.5. The minimum atomic E-state index is -0.253. The molecule has 3 rings (SSSR count). The van der Waals surface area contributed by atoms with Gasteiger partial charge in [0.2, 0.25) is 5.91 Å². The van der Waals surface area contributed by atoms with Gasteiger partial charge in [-0.2, -0.15) is 0 Å². The Morgan fingerprint density at radius 3 is 3.00 bits per heavy atom. The number of imidazole rings is 1. The summed E-state index contributed by atoms with van der Waals surface area (Å²) in [4.78, 5) is 24.3. The van der Waals surface area contributed by atoms with Crippen molar-refractivity contribution in [2.75, 3.05) is 12.4 Å². The van der Waals surface area contributed by atoms with Gasteiger partial charge >= 0.3 is 0 Å². The molecular formula is C17H18N4O2S. The van der Waals surface area contributed by atoms with Crippen molar-refractivity contribution in [1.82, 2.24) is 15.0 Å². The minimum Gasteiger partial charge on any atom is -0.497 e. The number of hydrogen-bond donors (Lipinski definition) is 2. The average Bonchev–Trinajstić information content (AvgIpc) is 3.02. The van der Waals surface area contributed by atoms with Crippen LogP contribution in [-0.4, -0.2) is 33.2 Å². The first-order valence-corrected chi connectivity index (χ1v) is 8.50. The van der Waals surface area contributed by atoms with E-state index in [0.717, 1.165) is 5.52 Å². The van der Waals surface area contributed by atoms with E-state index in [0.29, 0.717) is 28.7 Å². The van der Waals surface area contributed by atoms with Gasteiger partial charge in [-0.3, -0.25) is 4.79 Å². The van der Waals surface area contributed by atoms with Gasteiger partial charge in [-0.15, -0.1) is 0 Å². The first-order chi connectivity index (χ1) is 11.7. The molecule has 0 aliphatic carbocycles. The van der Waals surface area contributed by atoms with Crippen molar-refractivity contribution in [2.45, 2.75) is 23.8 Å². The van der Waals surface area contributed by atoms with Gasteiger partial charge in [0.15, 0.2) is 10.8 Å². The van der Waals surface area contributed by atoms with Crippen LogP contribution in [0.3, 0.4) is 0 Å². The van der Waals surface area contributed by atoms with E-state index in [2.05, 4.69) is 20.3 Å². The number of hydrogen-bond acceptors (Lipinski definition) is 5. The Morgan fingerprint density at radius 1 is 1.38 bits per heavy atom. The molecule has 6 nitrogen and oxygen atoms in total. The number of aromatic amines is 1. The third-order valence-electron chi connectivity index (χ3n) is 3.49. The van der Waals surface area contributed by atoms with Crippen molar-refractivity contribution in [3.8, 4) is 5.75 Å². The molecule has 1 amide bonds. The Labute approximate surface area is 144 Å². The lowest BCUT2D eigenvalue weighted by molar-refractivity contribution is -0.115. The smallest absolute Gasteiger partial charge is 0.237 e. The van der Waals surface area contributed by atoms with Crippen LogP contribution in [-0.2, 0) is 4.79 Å². The first kappa shape index (κ1) is 16.3. The number of anilines is 1. The topological polar surface area (TPSA) is 79.9 Å². The third-order valence-corrected chi connectivity index (χ3v) is 4.74. The van der Waals surface area contributed by atoms with E-state index < -0.39 is 0 Å². The van der Waals surface area contributed by atoms with Gasteiger partial charge in [-0.25, -0.2) is 9.97 Å². The summed E-state index contributed by atoms with van der Waals surface area (Å²) in [5.74, 6) is 0.640. The zero-order valence-electron chi connectivity index (χ0n) is 13.4. The van der Waals surface area contributed by atoms with E-state index in [1.54, 1.807) is 19.4 Å². The van der Waals surface area contributed by atoms with Gasteiger partial charge in [-0.1, -0.05) is 24.8 Å². The molecule has 0 saturated carbocycles. The fourth-order valence-corrected chi connectivity index (χ4v) is 3.17. The van der Waals surface area contributed by atoms with Crippen LogP contribution in [0.15, 0.2) is 47.8 Å². The van der Waals surface area contributed by atoms with Crippen molar-refractivity contribution in [3.05, 3.63) is 42.6 Å². The summed E-state index contributed by atoms with van der Waals surface area (Å²) < 4.78 is 5.17. The Morgan fingerprint density at radius 2 is 2.25 bits per heavy atom. The Kier molecular flexibility index (Phi) is 5.00. The molecule has 0 unspecified atom stereocenters. The molecule has 0 aliphatic heterocycles. The summed E-state index contributed by atoms with van der Waals surface area (Å²) in [6.07, 6.45) is 2.38. The molecule has 124 valence electrons. The SMILES string of the molecule is CC[C@H](Sc1nc2ncccc2[nH]1)C(=O)Nc1cccc(OC)c1. The molecule has 0 aliphatic rings. The summed E-state index contributed by atoms with van der Waals surface area (Å²) in [7, 11) is 1.60. The highest BCUT2D eigenvalue weighted by Crippen LogP contribution is 2.26. The second-order valence-electron chi connectivity index (χ2n) is 5.15. The zero-order chi connectivity index (χ0) is 16.9. The number of ether oxygens (including phenoxy) is 1. The number of benzene rings is 1. The predicted octanol–water partition coefficient (Wildman–Crippen LogP) is 3.48. The zero-order valence-corrected chi connectivity index (χ0v) is 14.3. The normalized spacial score (nSPS) is 12.1. The summed E-state index contributed by atoms with van der Waals surface area (Å²) >= 11 is 1.40.